The zero-order valence-corrected chi connectivity index (χ0v) is 19.0. The third-order valence-electron chi connectivity index (χ3n) is 4.40. The van der Waals surface area contributed by atoms with E-state index in [9.17, 15) is 13.2 Å². The van der Waals surface area contributed by atoms with Gasteiger partial charge in [-0.25, -0.2) is 13.4 Å². The predicted molar refractivity (Wildman–Crippen MR) is 120 cm³/mol. The van der Waals surface area contributed by atoms with Gasteiger partial charge in [0, 0.05) is 18.8 Å². The van der Waals surface area contributed by atoms with Gasteiger partial charge in [-0.15, -0.1) is 11.3 Å². The van der Waals surface area contributed by atoms with Crippen LogP contribution in [-0.2, 0) is 14.8 Å². The van der Waals surface area contributed by atoms with Crippen LogP contribution in [0.15, 0.2) is 51.7 Å². The highest BCUT2D eigenvalue weighted by atomic mass is 32.2. The Labute approximate surface area is 179 Å². The number of anilines is 1. The van der Waals surface area contributed by atoms with E-state index in [0.717, 1.165) is 14.6 Å². The van der Waals surface area contributed by atoms with Crippen LogP contribution in [0.5, 0.6) is 0 Å². The summed E-state index contributed by atoms with van der Waals surface area (Å²) < 4.78 is 29.0. The van der Waals surface area contributed by atoms with E-state index in [1.807, 2.05) is 24.3 Å². The summed E-state index contributed by atoms with van der Waals surface area (Å²) in [5.41, 5.74) is 2.04. The molecule has 0 radical (unpaired) electrons. The molecular weight excluding hydrogens is 426 g/mol. The minimum Gasteiger partial charge on any atom is -0.325 e. The number of sulfonamides is 1. The fourth-order valence-electron chi connectivity index (χ4n) is 2.90. The van der Waals surface area contributed by atoms with Crippen LogP contribution in [0.2, 0.25) is 0 Å². The lowest BCUT2D eigenvalue weighted by Crippen LogP contribution is -2.31. The number of carbonyl (C=O) groups excluding carboxylic acids is 1. The monoisotopic (exact) mass is 449 g/mol. The summed E-state index contributed by atoms with van der Waals surface area (Å²) in [4.78, 5) is 17.1. The topological polar surface area (TPSA) is 79.4 Å². The largest absolute Gasteiger partial charge is 0.325 e. The first-order valence-corrected chi connectivity index (χ1v) is 12.5. The molecule has 0 fully saturated rings. The van der Waals surface area contributed by atoms with Crippen LogP contribution in [0.4, 0.5) is 5.69 Å². The summed E-state index contributed by atoms with van der Waals surface area (Å²) in [5.74, 6) is -0.00413. The van der Waals surface area contributed by atoms with Crippen molar-refractivity contribution in [1.82, 2.24) is 9.29 Å². The zero-order valence-electron chi connectivity index (χ0n) is 16.5. The number of para-hydroxylation sites is 1. The van der Waals surface area contributed by atoms with E-state index in [-0.39, 0.29) is 16.6 Å². The number of aromatic nitrogens is 1. The Kier molecular flexibility index (Phi) is 6.94. The first kappa shape index (κ1) is 21.8. The fraction of sp³-hybridized carbons (Fsp3) is 0.300. The van der Waals surface area contributed by atoms with Crippen molar-refractivity contribution in [2.24, 2.45) is 0 Å². The number of benzene rings is 2. The van der Waals surface area contributed by atoms with Crippen molar-refractivity contribution in [3.63, 3.8) is 0 Å². The summed E-state index contributed by atoms with van der Waals surface area (Å²) in [6.07, 6.45) is 0. The maximum Gasteiger partial charge on any atom is 0.243 e. The van der Waals surface area contributed by atoms with E-state index in [2.05, 4.69) is 10.3 Å². The van der Waals surface area contributed by atoms with Crippen LogP contribution in [0.1, 0.15) is 19.4 Å². The molecule has 1 aromatic heterocycles. The fourth-order valence-corrected chi connectivity index (χ4v) is 6.47. The van der Waals surface area contributed by atoms with Gasteiger partial charge in [0.15, 0.2) is 4.34 Å². The Morgan fingerprint density at radius 3 is 2.59 bits per heavy atom. The average molecular weight is 450 g/mol. The van der Waals surface area contributed by atoms with Crippen LogP contribution in [0.25, 0.3) is 10.2 Å². The summed E-state index contributed by atoms with van der Waals surface area (Å²) >= 11 is 2.92. The van der Waals surface area contributed by atoms with Gasteiger partial charge in [-0.2, -0.15) is 4.31 Å². The van der Waals surface area contributed by atoms with Crippen LogP contribution < -0.4 is 5.32 Å². The van der Waals surface area contributed by atoms with Gasteiger partial charge in [0.2, 0.25) is 15.9 Å². The summed E-state index contributed by atoms with van der Waals surface area (Å²) in [7, 11) is -3.59. The Morgan fingerprint density at radius 2 is 1.90 bits per heavy atom. The van der Waals surface area contributed by atoms with Crippen molar-refractivity contribution in [1.29, 1.82) is 0 Å². The molecule has 0 unspecified atom stereocenters. The first-order valence-electron chi connectivity index (χ1n) is 9.24. The van der Waals surface area contributed by atoms with Gasteiger partial charge in [-0.3, -0.25) is 4.79 Å². The van der Waals surface area contributed by atoms with E-state index in [1.165, 1.54) is 22.1 Å². The number of hydrogen-bond acceptors (Lipinski definition) is 6. The van der Waals surface area contributed by atoms with E-state index >= 15 is 0 Å². The first-order chi connectivity index (χ1) is 13.8. The summed E-state index contributed by atoms with van der Waals surface area (Å²) in [6.45, 7) is 6.16. The number of aryl methyl sites for hydroxylation is 1. The Balaban J connectivity index is 1.70. The highest BCUT2D eigenvalue weighted by Crippen LogP contribution is 2.29. The van der Waals surface area contributed by atoms with Gasteiger partial charge in [0.25, 0.3) is 0 Å². The predicted octanol–water partition coefficient (Wildman–Crippen LogP) is 4.37. The SMILES string of the molecule is CCN(CC)S(=O)(=O)c1cc(NC(=O)CSc2nc3ccccc3s2)ccc1C. The van der Waals surface area contributed by atoms with Crippen LogP contribution in [-0.4, -0.2) is 42.5 Å². The minimum absolute atomic E-state index is 0.200. The normalized spacial score (nSPS) is 11.9. The number of amides is 1. The summed E-state index contributed by atoms with van der Waals surface area (Å²) in [5, 5.41) is 2.79. The second-order valence-electron chi connectivity index (χ2n) is 6.35. The van der Waals surface area contributed by atoms with Crippen molar-refractivity contribution in [2.45, 2.75) is 30.0 Å². The number of thioether (sulfide) groups is 1. The molecule has 1 N–H and O–H groups in total. The lowest BCUT2D eigenvalue weighted by molar-refractivity contribution is -0.113. The molecule has 6 nitrogen and oxygen atoms in total. The standard InChI is InChI=1S/C20H23N3O3S3/c1-4-23(5-2)29(25,26)18-12-15(11-10-14(18)3)21-19(24)13-27-20-22-16-8-6-7-9-17(16)28-20/h6-12H,4-5,13H2,1-3H3,(H,21,24). The smallest absolute Gasteiger partial charge is 0.243 e. The minimum atomic E-state index is -3.59. The van der Waals surface area contributed by atoms with Gasteiger partial charge in [-0.1, -0.05) is 43.8 Å². The highest BCUT2D eigenvalue weighted by Gasteiger charge is 2.24. The Morgan fingerprint density at radius 1 is 1.17 bits per heavy atom. The zero-order chi connectivity index (χ0) is 21.0. The Bertz CT molecular complexity index is 1090. The molecule has 0 saturated carbocycles. The van der Waals surface area contributed by atoms with E-state index in [1.54, 1.807) is 44.2 Å². The molecule has 2 aromatic carbocycles. The number of fused-ring (bicyclic) bond motifs is 1. The van der Waals surface area contributed by atoms with Crippen molar-refractivity contribution in [3.8, 4) is 0 Å². The van der Waals surface area contributed by atoms with Crippen molar-refractivity contribution < 1.29 is 13.2 Å². The molecule has 9 heteroatoms. The molecule has 0 aliphatic rings. The maximum atomic E-state index is 12.9. The van der Waals surface area contributed by atoms with E-state index in [0.29, 0.717) is 24.3 Å². The number of carbonyl (C=O) groups is 1. The third-order valence-corrected chi connectivity index (χ3v) is 8.77. The molecule has 3 rings (SSSR count). The molecular formula is C20H23N3O3S3. The molecule has 0 spiro atoms. The number of nitrogens with zero attached hydrogens (tertiary/aromatic N) is 2. The van der Waals surface area contributed by atoms with Crippen LogP contribution in [0.3, 0.4) is 0 Å². The quantitative estimate of drug-likeness (QED) is 0.517. The molecule has 0 saturated heterocycles. The van der Waals surface area contributed by atoms with E-state index < -0.39 is 10.0 Å². The molecule has 1 amide bonds. The number of rotatable bonds is 8. The van der Waals surface area contributed by atoms with Crippen molar-refractivity contribution in [3.05, 3.63) is 48.0 Å². The number of hydrogen-bond donors (Lipinski definition) is 1. The number of thiazole rings is 1. The number of nitrogens with one attached hydrogen (secondary N) is 1. The lowest BCUT2D eigenvalue weighted by atomic mass is 10.2. The highest BCUT2D eigenvalue weighted by molar-refractivity contribution is 8.01. The van der Waals surface area contributed by atoms with E-state index in [4.69, 9.17) is 0 Å². The molecule has 3 aromatic rings. The Hall–Kier alpha value is -1.94. The van der Waals surface area contributed by atoms with Gasteiger partial charge in [0.1, 0.15) is 0 Å². The van der Waals surface area contributed by atoms with Gasteiger partial charge >= 0.3 is 0 Å². The average Bonchev–Trinajstić information content (AvgIpc) is 3.11. The lowest BCUT2D eigenvalue weighted by Gasteiger charge is -2.20. The van der Waals surface area contributed by atoms with Crippen LogP contribution in [0, 0.1) is 6.92 Å². The molecule has 0 aliphatic carbocycles. The molecule has 0 atom stereocenters. The third kappa shape index (κ3) is 4.98. The molecule has 0 aliphatic heterocycles. The van der Waals surface area contributed by atoms with Crippen molar-refractivity contribution in [2.75, 3.05) is 24.2 Å². The molecule has 29 heavy (non-hydrogen) atoms. The second kappa shape index (κ2) is 9.25. The van der Waals surface area contributed by atoms with Gasteiger partial charge < -0.3 is 5.32 Å². The molecule has 0 bridgehead atoms. The second-order valence-corrected chi connectivity index (χ2v) is 10.5. The molecule has 154 valence electrons. The van der Waals surface area contributed by atoms with Crippen LogP contribution >= 0.6 is 23.1 Å². The summed E-state index contributed by atoms with van der Waals surface area (Å²) in [6, 6.07) is 12.8. The van der Waals surface area contributed by atoms with Crippen molar-refractivity contribution >= 4 is 54.9 Å². The van der Waals surface area contributed by atoms with Gasteiger partial charge in [0.05, 0.1) is 20.9 Å². The van der Waals surface area contributed by atoms with Gasteiger partial charge in [-0.05, 0) is 36.8 Å². The molecule has 1 heterocycles. The maximum absolute atomic E-state index is 12.9.